The average molecular weight is 348 g/mol. The molecule has 0 radical (unpaired) electrons. The lowest BCUT2D eigenvalue weighted by Gasteiger charge is -1.96. The Morgan fingerprint density at radius 3 is 2.91 bits per heavy atom. The van der Waals surface area contributed by atoms with Crippen molar-refractivity contribution >= 4 is 28.2 Å². The maximum atomic E-state index is 12.9. The first kappa shape index (κ1) is 15.7. The van der Waals surface area contributed by atoms with E-state index >= 15 is 0 Å². The number of halogens is 1. The molecule has 0 fully saturated rings. The Labute approximate surface area is 140 Å². The summed E-state index contributed by atoms with van der Waals surface area (Å²) in [4.78, 5) is 4.23. The molecule has 8 heteroatoms. The second kappa shape index (κ2) is 7.38. The molecule has 2 aromatic heterocycles. The van der Waals surface area contributed by atoms with Crippen LogP contribution < -0.4 is 5.32 Å². The Hall–Kier alpha value is -2.19. The summed E-state index contributed by atoms with van der Waals surface area (Å²) in [6, 6.07) is 6.11. The number of hydrogen-bond donors (Lipinski definition) is 1. The number of anilines is 1. The van der Waals surface area contributed by atoms with Crippen molar-refractivity contribution in [1.82, 2.24) is 15.2 Å². The van der Waals surface area contributed by atoms with Gasteiger partial charge in [-0.15, -0.1) is 16.8 Å². The summed E-state index contributed by atoms with van der Waals surface area (Å²) < 4.78 is 19.4. The van der Waals surface area contributed by atoms with Gasteiger partial charge in [0, 0.05) is 12.1 Å². The molecule has 118 valence electrons. The van der Waals surface area contributed by atoms with E-state index in [9.17, 15) is 4.39 Å². The lowest BCUT2D eigenvalue weighted by Crippen LogP contribution is -1.96. The van der Waals surface area contributed by atoms with E-state index in [-0.39, 0.29) is 5.82 Å². The van der Waals surface area contributed by atoms with Crippen LogP contribution in [0.4, 0.5) is 9.52 Å². The van der Waals surface area contributed by atoms with Gasteiger partial charge in [-0.1, -0.05) is 29.2 Å². The molecule has 0 saturated carbocycles. The highest BCUT2D eigenvalue weighted by Crippen LogP contribution is 2.29. The van der Waals surface area contributed by atoms with Crippen LogP contribution in [0.2, 0.25) is 0 Å². The molecule has 5 nitrogen and oxygen atoms in total. The van der Waals surface area contributed by atoms with Gasteiger partial charge in [0.1, 0.15) is 5.82 Å². The third kappa shape index (κ3) is 4.17. The fraction of sp³-hybridized carbons (Fsp3) is 0.133. The summed E-state index contributed by atoms with van der Waals surface area (Å²) in [6.07, 6.45) is 3.40. The van der Waals surface area contributed by atoms with E-state index in [0.29, 0.717) is 23.9 Å². The van der Waals surface area contributed by atoms with E-state index in [2.05, 4.69) is 27.1 Å². The molecule has 23 heavy (non-hydrogen) atoms. The zero-order valence-electron chi connectivity index (χ0n) is 12.0. The highest BCUT2D eigenvalue weighted by molar-refractivity contribution is 8.00. The summed E-state index contributed by atoms with van der Waals surface area (Å²) in [5.74, 6) is 1.48. The molecule has 0 saturated heterocycles. The average Bonchev–Trinajstić information content (AvgIpc) is 3.21. The predicted octanol–water partition coefficient (Wildman–Crippen LogP) is 4.22. The molecule has 3 aromatic rings. The third-order valence-corrected chi connectivity index (χ3v) is 4.80. The quantitative estimate of drug-likeness (QED) is 0.509. The lowest BCUT2D eigenvalue weighted by atomic mass is 10.2. The molecule has 0 aliphatic rings. The minimum absolute atomic E-state index is 0.277. The highest BCUT2D eigenvalue weighted by atomic mass is 32.2. The van der Waals surface area contributed by atoms with E-state index < -0.39 is 0 Å². The van der Waals surface area contributed by atoms with Crippen LogP contribution in [0.25, 0.3) is 11.3 Å². The molecule has 0 atom stereocenters. The number of aromatic nitrogens is 3. The van der Waals surface area contributed by atoms with Gasteiger partial charge >= 0.3 is 0 Å². The van der Waals surface area contributed by atoms with E-state index in [0.717, 1.165) is 15.0 Å². The summed E-state index contributed by atoms with van der Waals surface area (Å²) in [5, 5.41) is 12.0. The van der Waals surface area contributed by atoms with Gasteiger partial charge in [0.05, 0.1) is 11.9 Å². The van der Waals surface area contributed by atoms with Crippen molar-refractivity contribution in [2.75, 3.05) is 11.9 Å². The maximum absolute atomic E-state index is 12.9. The Balaban J connectivity index is 1.59. The number of hydrogen-bond acceptors (Lipinski definition) is 7. The number of oxazole rings is 1. The largest absolute Gasteiger partial charge is 0.440 e. The number of nitrogens with one attached hydrogen (secondary N) is 1. The minimum atomic E-state index is -0.277. The van der Waals surface area contributed by atoms with Crippen LogP contribution >= 0.6 is 23.1 Å². The zero-order valence-corrected chi connectivity index (χ0v) is 13.7. The minimum Gasteiger partial charge on any atom is -0.440 e. The smallest absolute Gasteiger partial charge is 0.206 e. The molecule has 0 aliphatic heterocycles. The van der Waals surface area contributed by atoms with Gasteiger partial charge in [0.2, 0.25) is 11.0 Å². The van der Waals surface area contributed by atoms with E-state index in [1.165, 1.54) is 35.2 Å². The molecule has 1 aromatic carbocycles. The fourth-order valence-electron chi connectivity index (χ4n) is 1.75. The molecule has 0 amide bonds. The van der Waals surface area contributed by atoms with E-state index in [1.54, 1.807) is 24.4 Å². The van der Waals surface area contributed by atoms with Crippen molar-refractivity contribution in [3.8, 4) is 11.3 Å². The van der Waals surface area contributed by atoms with Gasteiger partial charge in [0.15, 0.2) is 10.1 Å². The molecule has 1 N–H and O–H groups in total. The zero-order chi connectivity index (χ0) is 16.1. The highest BCUT2D eigenvalue weighted by Gasteiger charge is 2.09. The van der Waals surface area contributed by atoms with Gasteiger partial charge in [0.25, 0.3) is 0 Å². The van der Waals surface area contributed by atoms with Crippen LogP contribution in [0.1, 0.15) is 5.89 Å². The Kier molecular flexibility index (Phi) is 5.04. The van der Waals surface area contributed by atoms with Crippen LogP contribution in [-0.4, -0.2) is 21.7 Å². The van der Waals surface area contributed by atoms with E-state index in [4.69, 9.17) is 4.42 Å². The van der Waals surface area contributed by atoms with Crippen molar-refractivity contribution in [2.24, 2.45) is 0 Å². The van der Waals surface area contributed by atoms with Gasteiger partial charge in [-0.25, -0.2) is 9.37 Å². The summed E-state index contributed by atoms with van der Waals surface area (Å²) in [7, 11) is 0. The Morgan fingerprint density at radius 1 is 1.30 bits per heavy atom. The van der Waals surface area contributed by atoms with Crippen molar-refractivity contribution < 1.29 is 8.81 Å². The monoisotopic (exact) mass is 348 g/mol. The van der Waals surface area contributed by atoms with Crippen LogP contribution in [0.5, 0.6) is 0 Å². The maximum Gasteiger partial charge on any atom is 0.206 e. The second-order valence-electron chi connectivity index (χ2n) is 4.46. The molecule has 0 bridgehead atoms. The topological polar surface area (TPSA) is 63.8 Å². The van der Waals surface area contributed by atoms with Crippen molar-refractivity contribution in [3.63, 3.8) is 0 Å². The Morgan fingerprint density at radius 2 is 2.13 bits per heavy atom. The van der Waals surface area contributed by atoms with Crippen LogP contribution in [-0.2, 0) is 5.75 Å². The molecule has 0 spiro atoms. The first-order chi connectivity index (χ1) is 11.2. The lowest BCUT2D eigenvalue weighted by molar-refractivity contribution is 0.530. The second-order valence-corrected chi connectivity index (χ2v) is 6.66. The summed E-state index contributed by atoms with van der Waals surface area (Å²) in [5.41, 5.74) is 0.793. The van der Waals surface area contributed by atoms with Crippen molar-refractivity contribution in [3.05, 3.63) is 54.8 Å². The third-order valence-electron chi connectivity index (χ3n) is 2.81. The number of benzene rings is 1. The van der Waals surface area contributed by atoms with E-state index in [1.807, 2.05) is 0 Å². The van der Waals surface area contributed by atoms with Gasteiger partial charge in [-0.05, 0) is 24.3 Å². The first-order valence-electron chi connectivity index (χ1n) is 6.76. The number of thioether (sulfide) groups is 1. The standard InChI is InChI=1S/C15H13FN4OS2/c1-2-7-17-14-19-20-15(23-14)22-9-13-18-8-12(21-13)10-3-5-11(16)6-4-10/h2-6,8H,1,7,9H2,(H,17,19). The molecule has 2 heterocycles. The molecule has 0 aliphatic carbocycles. The predicted molar refractivity (Wildman–Crippen MR) is 90.1 cm³/mol. The molecule has 0 unspecified atom stereocenters. The van der Waals surface area contributed by atoms with Gasteiger partial charge < -0.3 is 9.73 Å². The number of nitrogens with zero attached hydrogens (tertiary/aromatic N) is 3. The van der Waals surface area contributed by atoms with Gasteiger partial charge in [-0.2, -0.15) is 0 Å². The first-order valence-corrected chi connectivity index (χ1v) is 8.56. The Bertz CT molecular complexity index is 785. The molecule has 3 rings (SSSR count). The normalized spacial score (nSPS) is 10.7. The van der Waals surface area contributed by atoms with Crippen LogP contribution in [0, 0.1) is 5.82 Å². The number of rotatable bonds is 7. The van der Waals surface area contributed by atoms with Gasteiger partial charge in [-0.3, -0.25) is 0 Å². The van der Waals surface area contributed by atoms with Crippen molar-refractivity contribution in [1.29, 1.82) is 0 Å². The summed E-state index contributed by atoms with van der Waals surface area (Å²) in [6.45, 7) is 4.29. The molecular weight excluding hydrogens is 335 g/mol. The van der Waals surface area contributed by atoms with Crippen LogP contribution in [0.3, 0.4) is 0 Å². The summed E-state index contributed by atoms with van der Waals surface area (Å²) >= 11 is 2.97. The fourth-order valence-corrected chi connectivity index (χ4v) is 3.36. The SMILES string of the molecule is C=CCNc1nnc(SCc2ncc(-c3ccc(F)cc3)o2)s1. The van der Waals surface area contributed by atoms with Crippen molar-refractivity contribution in [2.45, 2.75) is 10.1 Å². The molecular formula is C15H13FN4OS2. The van der Waals surface area contributed by atoms with Crippen LogP contribution in [0.15, 0.2) is 51.9 Å².